The van der Waals surface area contributed by atoms with Gasteiger partial charge < -0.3 is 10.4 Å². The number of benzene rings is 1. The lowest BCUT2D eigenvalue weighted by atomic mass is 10.1. The first-order valence-electron chi connectivity index (χ1n) is 11.2. The van der Waals surface area contributed by atoms with Gasteiger partial charge in [0.25, 0.3) is 0 Å². The summed E-state index contributed by atoms with van der Waals surface area (Å²) in [5.41, 5.74) is 6.75. The number of anilines is 1. The van der Waals surface area contributed by atoms with Crippen LogP contribution in [-0.4, -0.2) is 57.6 Å². The number of carbonyl (C=O) groups excluding carboxylic acids is 1. The molecular weight excluding hydrogens is 465 g/mol. The topological polar surface area (TPSA) is 139 Å². The lowest BCUT2D eigenvalue weighted by Crippen LogP contribution is -2.11. The highest BCUT2D eigenvalue weighted by molar-refractivity contribution is 5.77. The monoisotopic (exact) mass is 491 g/mol. The number of tetrazole rings is 1. The van der Waals surface area contributed by atoms with Crippen LogP contribution in [-0.2, 0) is 11.3 Å². The Labute approximate surface area is 206 Å². The molecule has 4 heterocycles. The number of amides is 1. The number of hydrogen-bond donors (Lipinski definition) is 3. The van der Waals surface area contributed by atoms with Gasteiger partial charge in [-0.3, -0.25) is 9.48 Å². The highest BCUT2D eigenvalue weighted by Gasteiger charge is 2.13. The highest BCUT2D eigenvalue weighted by atomic mass is 19.1. The first-order valence-corrected chi connectivity index (χ1v) is 11.2. The molecule has 0 radical (unpaired) electrons. The van der Waals surface area contributed by atoms with E-state index in [1.807, 2.05) is 36.1 Å². The first-order chi connectivity index (χ1) is 17.3. The number of hydrogen-bond acceptors (Lipinski definition) is 7. The molecule has 0 spiro atoms. The average molecular weight is 492 g/mol. The molecule has 0 bridgehead atoms. The fraction of sp³-hybridized carbons (Fsp3) is 0.250. The number of H-pyrrole nitrogens is 1. The first kappa shape index (κ1) is 24.7. The van der Waals surface area contributed by atoms with E-state index in [0.717, 1.165) is 27.9 Å². The zero-order valence-corrected chi connectivity index (χ0v) is 20.3. The number of aromatic amines is 1. The van der Waals surface area contributed by atoms with Gasteiger partial charge in [0, 0.05) is 23.6 Å². The van der Waals surface area contributed by atoms with Crippen molar-refractivity contribution in [3.8, 4) is 22.5 Å². The molecule has 1 amide bonds. The van der Waals surface area contributed by atoms with E-state index in [-0.39, 0.29) is 11.4 Å². The SMILES string of the molecule is Cc1cc(F)c(-c2nn[nH]n2)cc1NC=O.Cc1nn(CC(C)O)cc1-c1ccn2ncc(C)c2c1. The van der Waals surface area contributed by atoms with Gasteiger partial charge in [0.15, 0.2) is 0 Å². The summed E-state index contributed by atoms with van der Waals surface area (Å²) >= 11 is 0. The van der Waals surface area contributed by atoms with Gasteiger partial charge in [0.1, 0.15) is 5.82 Å². The molecular formula is C24H26FN9O2. The summed E-state index contributed by atoms with van der Waals surface area (Å²) in [4.78, 5) is 10.4. The summed E-state index contributed by atoms with van der Waals surface area (Å²) in [6, 6.07) is 6.93. The number of fused-ring (bicyclic) bond motifs is 1. The van der Waals surface area contributed by atoms with Gasteiger partial charge >= 0.3 is 0 Å². The second-order valence-electron chi connectivity index (χ2n) is 8.42. The van der Waals surface area contributed by atoms with Gasteiger partial charge in [-0.15, -0.1) is 10.2 Å². The lowest BCUT2D eigenvalue weighted by molar-refractivity contribution is -0.105. The molecule has 3 N–H and O–H groups in total. The van der Waals surface area contributed by atoms with E-state index in [2.05, 4.69) is 49.1 Å². The number of carbonyl (C=O) groups is 1. The second kappa shape index (κ2) is 10.4. The molecule has 186 valence electrons. The number of halogens is 1. The normalized spacial score (nSPS) is 11.7. The van der Waals surface area contributed by atoms with E-state index in [1.165, 1.54) is 12.1 Å². The number of aryl methyl sites for hydroxylation is 3. The van der Waals surface area contributed by atoms with Crippen LogP contribution in [0.25, 0.3) is 28.0 Å². The molecule has 5 rings (SSSR count). The van der Waals surface area contributed by atoms with Crippen LogP contribution in [0.2, 0.25) is 0 Å². The minimum absolute atomic E-state index is 0.145. The minimum Gasteiger partial charge on any atom is -0.391 e. The standard InChI is InChI=1S/C15H18N4O.C9H8FN5O/c1-10-7-16-19-5-4-13(6-15(10)19)14-9-18(8-11(2)20)17-12(14)3;1-5-2-7(10)6(3-8(5)11-4-16)9-12-14-15-13-9/h4-7,9,11,20H,8H2,1-3H3;2-4H,1H3,(H,11,16)(H,12,13,14,15). The largest absolute Gasteiger partial charge is 0.391 e. The number of pyridine rings is 1. The van der Waals surface area contributed by atoms with Gasteiger partial charge in [0.2, 0.25) is 12.2 Å². The Balaban J connectivity index is 0.000000174. The van der Waals surface area contributed by atoms with E-state index in [9.17, 15) is 14.3 Å². The van der Waals surface area contributed by atoms with E-state index in [0.29, 0.717) is 24.2 Å². The Kier molecular flexibility index (Phi) is 7.15. The number of rotatable bonds is 6. The van der Waals surface area contributed by atoms with E-state index >= 15 is 0 Å². The van der Waals surface area contributed by atoms with Crippen molar-refractivity contribution in [3.05, 3.63) is 65.5 Å². The minimum atomic E-state index is -0.463. The van der Waals surface area contributed by atoms with Crippen molar-refractivity contribution in [1.29, 1.82) is 0 Å². The maximum atomic E-state index is 13.6. The maximum absolute atomic E-state index is 13.6. The molecule has 4 aromatic heterocycles. The van der Waals surface area contributed by atoms with Crippen molar-refractivity contribution in [2.45, 2.75) is 40.3 Å². The van der Waals surface area contributed by atoms with Crippen molar-refractivity contribution >= 4 is 17.6 Å². The van der Waals surface area contributed by atoms with E-state index in [4.69, 9.17) is 0 Å². The van der Waals surface area contributed by atoms with Gasteiger partial charge in [-0.05, 0) is 73.9 Å². The molecule has 0 aliphatic rings. The molecule has 0 fully saturated rings. The van der Waals surface area contributed by atoms with Crippen LogP contribution >= 0.6 is 0 Å². The molecule has 1 aromatic carbocycles. The number of aliphatic hydroxyl groups is 1. The Morgan fingerprint density at radius 3 is 2.69 bits per heavy atom. The molecule has 11 nitrogen and oxygen atoms in total. The van der Waals surface area contributed by atoms with Gasteiger partial charge in [0.05, 0.1) is 35.6 Å². The summed E-state index contributed by atoms with van der Waals surface area (Å²) in [6.07, 6.45) is 5.94. The van der Waals surface area contributed by atoms with E-state index in [1.54, 1.807) is 18.5 Å². The summed E-state index contributed by atoms with van der Waals surface area (Å²) < 4.78 is 17.3. The van der Waals surface area contributed by atoms with Crippen molar-refractivity contribution < 1.29 is 14.3 Å². The van der Waals surface area contributed by atoms with Crippen LogP contribution in [0.5, 0.6) is 0 Å². The summed E-state index contributed by atoms with van der Waals surface area (Å²) in [5.74, 6) is -0.318. The second-order valence-corrected chi connectivity index (χ2v) is 8.42. The predicted molar refractivity (Wildman–Crippen MR) is 132 cm³/mol. The van der Waals surface area contributed by atoms with Gasteiger partial charge in [-0.2, -0.15) is 15.4 Å². The van der Waals surface area contributed by atoms with Gasteiger partial charge in [-0.1, -0.05) is 0 Å². The number of aliphatic hydroxyl groups excluding tert-OH is 1. The van der Waals surface area contributed by atoms with Crippen molar-refractivity contribution in [2.75, 3.05) is 5.32 Å². The summed E-state index contributed by atoms with van der Waals surface area (Å²) in [6.45, 7) is 8.00. The van der Waals surface area contributed by atoms with Crippen LogP contribution in [0.1, 0.15) is 23.7 Å². The molecule has 5 aromatic rings. The molecule has 0 saturated heterocycles. The van der Waals surface area contributed by atoms with Gasteiger partial charge in [-0.25, -0.2) is 8.91 Å². The van der Waals surface area contributed by atoms with Crippen LogP contribution in [0.3, 0.4) is 0 Å². The average Bonchev–Trinajstić information content (AvgIpc) is 3.57. The predicted octanol–water partition coefficient (Wildman–Crippen LogP) is 3.08. The Morgan fingerprint density at radius 1 is 1.19 bits per heavy atom. The zero-order chi connectivity index (χ0) is 25.8. The molecule has 1 unspecified atom stereocenters. The third-order valence-corrected chi connectivity index (χ3v) is 5.54. The molecule has 12 heteroatoms. The molecule has 0 aliphatic heterocycles. The Bertz CT molecular complexity index is 1490. The highest BCUT2D eigenvalue weighted by Crippen LogP contribution is 2.26. The smallest absolute Gasteiger partial charge is 0.211 e. The molecule has 0 saturated carbocycles. The zero-order valence-electron chi connectivity index (χ0n) is 20.3. The van der Waals surface area contributed by atoms with Crippen molar-refractivity contribution in [1.82, 2.24) is 40.0 Å². The van der Waals surface area contributed by atoms with Crippen molar-refractivity contribution in [3.63, 3.8) is 0 Å². The third-order valence-electron chi connectivity index (χ3n) is 5.54. The fourth-order valence-electron chi connectivity index (χ4n) is 3.77. The number of nitrogens with zero attached hydrogens (tertiary/aromatic N) is 7. The van der Waals surface area contributed by atoms with Crippen molar-refractivity contribution in [2.24, 2.45) is 0 Å². The van der Waals surface area contributed by atoms with Crippen LogP contribution < -0.4 is 5.32 Å². The molecule has 0 aliphatic carbocycles. The number of aromatic nitrogens is 8. The van der Waals surface area contributed by atoms with E-state index < -0.39 is 11.9 Å². The molecule has 36 heavy (non-hydrogen) atoms. The van der Waals surface area contributed by atoms with Crippen LogP contribution in [0, 0.1) is 26.6 Å². The Hall–Kier alpha value is -4.45. The molecule has 1 atom stereocenters. The lowest BCUT2D eigenvalue weighted by Gasteiger charge is -2.06. The quantitative estimate of drug-likeness (QED) is 0.310. The number of nitrogens with one attached hydrogen (secondary N) is 2. The summed E-state index contributed by atoms with van der Waals surface area (Å²) in [5, 5.41) is 33.6. The van der Waals surface area contributed by atoms with Crippen LogP contribution in [0.15, 0.2) is 42.9 Å². The Morgan fingerprint density at radius 2 is 2.00 bits per heavy atom. The maximum Gasteiger partial charge on any atom is 0.211 e. The summed E-state index contributed by atoms with van der Waals surface area (Å²) in [7, 11) is 0. The third kappa shape index (κ3) is 5.28. The fourth-order valence-corrected chi connectivity index (χ4v) is 3.77. The van der Waals surface area contributed by atoms with Crippen LogP contribution in [0.4, 0.5) is 10.1 Å².